The van der Waals surface area contributed by atoms with Crippen molar-refractivity contribution in [1.29, 1.82) is 0 Å². The second-order valence-electron chi connectivity index (χ2n) is 4.79. The Hall–Kier alpha value is -1.33. The Kier molecular flexibility index (Phi) is 5.21. The maximum Gasteiger partial charge on any atom is 0.252 e. The molecule has 1 aromatic heterocycles. The number of benzene rings is 1. The Morgan fingerprint density at radius 1 is 1.13 bits per heavy atom. The highest BCUT2D eigenvalue weighted by molar-refractivity contribution is 7.91. The van der Waals surface area contributed by atoms with Crippen molar-refractivity contribution in [3.63, 3.8) is 0 Å². The first-order valence-corrected chi connectivity index (χ1v) is 10.1. The summed E-state index contributed by atoms with van der Waals surface area (Å²) in [7, 11) is -4.57. The van der Waals surface area contributed by atoms with E-state index >= 15 is 0 Å². The monoisotopic (exact) mass is 378 g/mol. The van der Waals surface area contributed by atoms with Gasteiger partial charge in [-0.1, -0.05) is 6.07 Å². The molecule has 0 atom stereocenters. The van der Waals surface area contributed by atoms with Crippen molar-refractivity contribution in [3.05, 3.63) is 47.1 Å². The normalized spacial score (nSPS) is 12.7. The fourth-order valence-electron chi connectivity index (χ4n) is 1.66. The van der Waals surface area contributed by atoms with E-state index in [1.54, 1.807) is 0 Å². The van der Waals surface area contributed by atoms with Gasteiger partial charge in [0.05, 0.1) is 4.90 Å². The summed E-state index contributed by atoms with van der Waals surface area (Å²) in [5.74, 6) is -0.650. The molecule has 6 nitrogen and oxygen atoms in total. The molecule has 2 rings (SSSR count). The lowest BCUT2D eigenvalue weighted by Crippen LogP contribution is -2.23. The number of thiophene rings is 1. The molecule has 23 heavy (non-hydrogen) atoms. The van der Waals surface area contributed by atoms with E-state index in [0.717, 1.165) is 27.8 Å². The zero-order valence-electron chi connectivity index (χ0n) is 12.4. The van der Waals surface area contributed by atoms with Gasteiger partial charge in [0.2, 0.25) is 10.0 Å². The molecule has 0 spiro atoms. The van der Waals surface area contributed by atoms with Crippen molar-refractivity contribution in [2.45, 2.75) is 15.6 Å². The van der Waals surface area contributed by atoms with Gasteiger partial charge in [0.1, 0.15) is 10.0 Å². The Morgan fingerprint density at radius 2 is 1.83 bits per heavy atom. The van der Waals surface area contributed by atoms with E-state index in [0.29, 0.717) is 4.88 Å². The molecule has 0 fully saturated rings. The van der Waals surface area contributed by atoms with Crippen LogP contribution in [0.3, 0.4) is 0 Å². The van der Waals surface area contributed by atoms with Crippen molar-refractivity contribution in [1.82, 2.24) is 9.03 Å². The molecule has 0 bridgehead atoms. The number of nitrogens with one attached hydrogen (secondary N) is 1. The minimum atomic E-state index is -3.87. The first-order chi connectivity index (χ1) is 10.6. The number of hydrogen-bond acceptors (Lipinski definition) is 5. The minimum absolute atomic E-state index is 0.0769. The molecule has 2 aromatic rings. The quantitative estimate of drug-likeness (QED) is 0.828. The van der Waals surface area contributed by atoms with Crippen LogP contribution >= 0.6 is 11.3 Å². The number of rotatable bonds is 6. The maximum absolute atomic E-state index is 13.1. The van der Waals surface area contributed by atoms with Crippen LogP contribution in [0.15, 0.2) is 45.5 Å². The Morgan fingerprint density at radius 3 is 2.43 bits per heavy atom. The predicted molar refractivity (Wildman–Crippen MR) is 85.6 cm³/mol. The highest BCUT2D eigenvalue weighted by Crippen LogP contribution is 2.24. The third-order valence-electron chi connectivity index (χ3n) is 2.91. The van der Waals surface area contributed by atoms with E-state index in [2.05, 4.69) is 4.72 Å². The Bertz CT molecular complexity index is 905. The largest absolute Gasteiger partial charge is 0.252 e. The zero-order valence-corrected chi connectivity index (χ0v) is 14.8. The highest BCUT2D eigenvalue weighted by atomic mass is 32.2. The van der Waals surface area contributed by atoms with Crippen molar-refractivity contribution >= 4 is 31.4 Å². The smallest absolute Gasteiger partial charge is 0.207 e. The van der Waals surface area contributed by atoms with Gasteiger partial charge in [0.15, 0.2) is 0 Å². The molecule has 0 aliphatic heterocycles. The third-order valence-corrected chi connectivity index (χ3v) is 7.68. The van der Waals surface area contributed by atoms with Crippen LogP contribution < -0.4 is 4.72 Å². The molecule has 0 radical (unpaired) electrons. The summed E-state index contributed by atoms with van der Waals surface area (Å²) in [6.07, 6.45) is 0. The van der Waals surface area contributed by atoms with Crippen LogP contribution in [0.25, 0.3) is 0 Å². The fourth-order valence-corrected chi connectivity index (χ4v) is 5.25. The van der Waals surface area contributed by atoms with Crippen LogP contribution in [0.1, 0.15) is 4.88 Å². The summed E-state index contributed by atoms with van der Waals surface area (Å²) in [4.78, 5) is 0.348. The van der Waals surface area contributed by atoms with Gasteiger partial charge in [0, 0.05) is 25.5 Å². The van der Waals surface area contributed by atoms with Crippen molar-refractivity contribution < 1.29 is 21.2 Å². The second-order valence-corrected chi connectivity index (χ2v) is 10.1. The number of hydrogen-bond donors (Lipinski definition) is 1. The van der Waals surface area contributed by atoms with E-state index in [1.165, 1.54) is 38.4 Å². The molecule has 0 unspecified atom stereocenters. The summed E-state index contributed by atoms with van der Waals surface area (Å²) < 4.78 is 64.7. The van der Waals surface area contributed by atoms with Gasteiger partial charge in [-0.25, -0.2) is 30.3 Å². The Balaban J connectivity index is 2.14. The Labute approximate surface area is 138 Å². The first kappa shape index (κ1) is 18.0. The molecule has 10 heteroatoms. The average molecular weight is 378 g/mol. The number of sulfonamides is 2. The van der Waals surface area contributed by atoms with E-state index in [-0.39, 0.29) is 15.6 Å². The molecule has 0 amide bonds. The molecule has 126 valence electrons. The molecule has 1 aromatic carbocycles. The molecular formula is C13H15FN2O4S3. The van der Waals surface area contributed by atoms with Crippen molar-refractivity contribution in [2.24, 2.45) is 0 Å². The summed E-state index contributed by atoms with van der Waals surface area (Å²) in [5.41, 5.74) is 0. The van der Waals surface area contributed by atoms with E-state index in [9.17, 15) is 21.2 Å². The lowest BCUT2D eigenvalue weighted by molar-refractivity contribution is 0.523. The molecular weight excluding hydrogens is 363 g/mol. The SMILES string of the molecule is CN(C)S(=O)(=O)c1ccc(CNS(=O)(=O)c2cccc(F)c2)s1. The van der Waals surface area contributed by atoms with E-state index < -0.39 is 25.9 Å². The third kappa shape index (κ3) is 4.15. The maximum atomic E-state index is 13.1. The van der Waals surface area contributed by atoms with E-state index in [1.807, 2.05) is 0 Å². The number of halogens is 1. The van der Waals surface area contributed by atoms with Gasteiger partial charge in [-0.3, -0.25) is 0 Å². The lowest BCUT2D eigenvalue weighted by Gasteiger charge is -2.08. The van der Waals surface area contributed by atoms with Crippen LogP contribution in [-0.4, -0.2) is 35.2 Å². The van der Waals surface area contributed by atoms with Crippen LogP contribution in [0.5, 0.6) is 0 Å². The van der Waals surface area contributed by atoms with Crippen molar-refractivity contribution in [2.75, 3.05) is 14.1 Å². The molecule has 1 N–H and O–H groups in total. The van der Waals surface area contributed by atoms with Crippen LogP contribution in [0.4, 0.5) is 4.39 Å². The molecule has 0 aliphatic carbocycles. The topological polar surface area (TPSA) is 83.6 Å². The second kappa shape index (κ2) is 6.65. The molecule has 0 saturated carbocycles. The first-order valence-electron chi connectivity index (χ1n) is 6.39. The van der Waals surface area contributed by atoms with Crippen LogP contribution in [0, 0.1) is 5.82 Å². The summed E-state index contributed by atoms with van der Waals surface area (Å²) >= 11 is 0.977. The van der Waals surface area contributed by atoms with Gasteiger partial charge in [0.25, 0.3) is 10.0 Å². The summed E-state index contributed by atoms with van der Waals surface area (Å²) in [6.45, 7) is -0.0769. The minimum Gasteiger partial charge on any atom is -0.207 e. The molecule has 0 saturated heterocycles. The predicted octanol–water partition coefficient (Wildman–Crippen LogP) is 1.62. The lowest BCUT2D eigenvalue weighted by atomic mass is 10.4. The van der Waals surface area contributed by atoms with Gasteiger partial charge < -0.3 is 0 Å². The van der Waals surface area contributed by atoms with Crippen LogP contribution in [0.2, 0.25) is 0 Å². The zero-order chi connectivity index (χ0) is 17.3. The molecule has 1 heterocycles. The summed E-state index contributed by atoms with van der Waals surface area (Å²) in [6, 6.07) is 7.61. The van der Waals surface area contributed by atoms with Gasteiger partial charge in [-0.15, -0.1) is 11.3 Å². The summed E-state index contributed by atoms with van der Waals surface area (Å²) in [5, 5.41) is 0. The molecule has 0 aliphatic rings. The average Bonchev–Trinajstić information content (AvgIpc) is 2.95. The van der Waals surface area contributed by atoms with Crippen LogP contribution in [-0.2, 0) is 26.6 Å². The van der Waals surface area contributed by atoms with Gasteiger partial charge in [-0.05, 0) is 30.3 Å². The van der Waals surface area contributed by atoms with Crippen molar-refractivity contribution in [3.8, 4) is 0 Å². The highest BCUT2D eigenvalue weighted by Gasteiger charge is 2.20. The van der Waals surface area contributed by atoms with E-state index in [4.69, 9.17) is 0 Å². The van der Waals surface area contributed by atoms with Gasteiger partial charge >= 0.3 is 0 Å². The standard InChI is InChI=1S/C13H15FN2O4S3/c1-16(2)23(19,20)13-7-6-11(21-13)9-15-22(17,18)12-5-3-4-10(14)8-12/h3-8,15H,9H2,1-2H3. The number of nitrogens with zero attached hydrogens (tertiary/aromatic N) is 1. The fraction of sp³-hybridized carbons (Fsp3) is 0.231. The van der Waals surface area contributed by atoms with Gasteiger partial charge in [-0.2, -0.15) is 0 Å².